The largest absolute Gasteiger partial charge is 0.392 e. The minimum atomic E-state index is 0.0937. The van der Waals surface area contributed by atoms with Crippen LogP contribution in [0.5, 0.6) is 0 Å². The fourth-order valence-electron chi connectivity index (χ4n) is 1.54. The van der Waals surface area contributed by atoms with E-state index >= 15 is 0 Å². The van der Waals surface area contributed by atoms with Gasteiger partial charge >= 0.3 is 0 Å². The van der Waals surface area contributed by atoms with Crippen molar-refractivity contribution in [1.82, 2.24) is 0 Å². The Morgan fingerprint density at radius 2 is 1.93 bits per heavy atom. The molecule has 0 aliphatic carbocycles. The van der Waals surface area contributed by atoms with Crippen LogP contribution >= 0.6 is 0 Å². The van der Waals surface area contributed by atoms with Gasteiger partial charge < -0.3 is 10.4 Å². The van der Waals surface area contributed by atoms with Crippen molar-refractivity contribution in [3.05, 3.63) is 29.8 Å². The molecule has 0 aromatic heterocycles. The SMILES string of the molecule is CC[C@H](C)[C@H](C)Nc1ccccc1CO. The van der Waals surface area contributed by atoms with Crippen molar-refractivity contribution in [1.29, 1.82) is 0 Å². The topological polar surface area (TPSA) is 32.3 Å². The molecule has 0 saturated carbocycles. The summed E-state index contributed by atoms with van der Waals surface area (Å²) in [6, 6.07) is 8.34. The van der Waals surface area contributed by atoms with Gasteiger partial charge in [0.25, 0.3) is 0 Å². The summed E-state index contributed by atoms with van der Waals surface area (Å²) in [6.45, 7) is 6.71. The first-order valence-corrected chi connectivity index (χ1v) is 5.64. The molecule has 84 valence electrons. The van der Waals surface area contributed by atoms with Gasteiger partial charge in [0.2, 0.25) is 0 Å². The van der Waals surface area contributed by atoms with Crippen LogP contribution in [0.1, 0.15) is 32.8 Å². The maximum atomic E-state index is 9.19. The number of para-hydroxylation sites is 1. The minimum Gasteiger partial charge on any atom is -0.392 e. The second-order valence-corrected chi connectivity index (χ2v) is 4.13. The first kappa shape index (κ1) is 12.1. The zero-order valence-electron chi connectivity index (χ0n) is 9.83. The third kappa shape index (κ3) is 3.24. The van der Waals surface area contributed by atoms with Crippen molar-refractivity contribution in [3.63, 3.8) is 0 Å². The van der Waals surface area contributed by atoms with Crippen LogP contribution in [0, 0.1) is 5.92 Å². The number of anilines is 1. The lowest BCUT2D eigenvalue weighted by molar-refractivity contribution is 0.282. The lowest BCUT2D eigenvalue weighted by Crippen LogP contribution is -2.23. The zero-order valence-corrected chi connectivity index (χ0v) is 9.83. The molecule has 0 amide bonds. The molecule has 1 aromatic rings. The Balaban J connectivity index is 2.71. The maximum Gasteiger partial charge on any atom is 0.0701 e. The lowest BCUT2D eigenvalue weighted by atomic mass is 10.00. The van der Waals surface area contributed by atoms with E-state index in [4.69, 9.17) is 0 Å². The van der Waals surface area contributed by atoms with E-state index in [1.54, 1.807) is 0 Å². The van der Waals surface area contributed by atoms with Gasteiger partial charge in [0.05, 0.1) is 6.61 Å². The van der Waals surface area contributed by atoms with Gasteiger partial charge in [-0.15, -0.1) is 0 Å². The fourth-order valence-corrected chi connectivity index (χ4v) is 1.54. The summed E-state index contributed by atoms with van der Waals surface area (Å²) in [7, 11) is 0. The summed E-state index contributed by atoms with van der Waals surface area (Å²) >= 11 is 0. The number of rotatable bonds is 5. The molecule has 0 aliphatic heterocycles. The van der Waals surface area contributed by atoms with Gasteiger partial charge in [0.15, 0.2) is 0 Å². The second kappa shape index (κ2) is 5.76. The molecule has 15 heavy (non-hydrogen) atoms. The first-order chi connectivity index (χ1) is 7.19. The molecule has 1 rings (SSSR count). The average molecular weight is 207 g/mol. The van der Waals surface area contributed by atoms with Gasteiger partial charge in [0, 0.05) is 17.3 Å². The molecule has 0 unspecified atom stereocenters. The molecule has 1 aromatic carbocycles. The smallest absolute Gasteiger partial charge is 0.0701 e. The molecule has 0 saturated heterocycles. The summed E-state index contributed by atoms with van der Waals surface area (Å²) in [6.07, 6.45) is 1.16. The van der Waals surface area contributed by atoms with Crippen LogP contribution < -0.4 is 5.32 Å². The maximum absolute atomic E-state index is 9.19. The van der Waals surface area contributed by atoms with Crippen LogP contribution in [-0.2, 0) is 6.61 Å². The Bertz CT molecular complexity index is 298. The molecule has 2 atom stereocenters. The average Bonchev–Trinajstić information content (AvgIpc) is 2.28. The van der Waals surface area contributed by atoms with E-state index in [-0.39, 0.29) is 6.61 Å². The normalized spacial score (nSPS) is 14.7. The van der Waals surface area contributed by atoms with Crippen molar-refractivity contribution >= 4 is 5.69 Å². The van der Waals surface area contributed by atoms with Gasteiger partial charge in [-0.1, -0.05) is 38.5 Å². The van der Waals surface area contributed by atoms with Crippen LogP contribution in [0.4, 0.5) is 5.69 Å². The lowest BCUT2D eigenvalue weighted by Gasteiger charge is -2.22. The Labute approximate surface area is 92.3 Å². The van der Waals surface area contributed by atoms with Crippen molar-refractivity contribution in [2.75, 3.05) is 5.32 Å². The fraction of sp³-hybridized carbons (Fsp3) is 0.538. The van der Waals surface area contributed by atoms with Crippen molar-refractivity contribution in [2.24, 2.45) is 5.92 Å². The third-order valence-corrected chi connectivity index (χ3v) is 3.07. The molecule has 2 heteroatoms. The van der Waals surface area contributed by atoms with Crippen molar-refractivity contribution < 1.29 is 5.11 Å². The number of hydrogen-bond donors (Lipinski definition) is 2. The quantitative estimate of drug-likeness (QED) is 0.778. The molecular weight excluding hydrogens is 186 g/mol. The molecule has 0 spiro atoms. The van der Waals surface area contributed by atoms with Gasteiger partial charge in [-0.3, -0.25) is 0 Å². The Kier molecular flexibility index (Phi) is 4.63. The summed E-state index contributed by atoms with van der Waals surface area (Å²) in [5, 5.41) is 12.6. The number of aliphatic hydroxyl groups is 1. The standard InChI is InChI=1S/C13H21NO/c1-4-10(2)11(3)14-13-8-6-5-7-12(13)9-15/h5-8,10-11,14-15H,4,9H2,1-3H3/t10-,11-/m0/s1. The Morgan fingerprint density at radius 1 is 1.27 bits per heavy atom. The van der Waals surface area contributed by atoms with Crippen LogP contribution in [0.3, 0.4) is 0 Å². The summed E-state index contributed by atoms with van der Waals surface area (Å²) in [5.41, 5.74) is 2.01. The molecule has 0 aliphatic rings. The van der Waals surface area contributed by atoms with Gasteiger partial charge in [-0.2, -0.15) is 0 Å². The highest BCUT2D eigenvalue weighted by atomic mass is 16.3. The second-order valence-electron chi connectivity index (χ2n) is 4.13. The van der Waals surface area contributed by atoms with Crippen LogP contribution in [-0.4, -0.2) is 11.1 Å². The minimum absolute atomic E-state index is 0.0937. The van der Waals surface area contributed by atoms with Crippen LogP contribution in [0.2, 0.25) is 0 Å². The molecule has 0 bridgehead atoms. The Morgan fingerprint density at radius 3 is 2.53 bits per heavy atom. The molecule has 2 N–H and O–H groups in total. The molecule has 2 nitrogen and oxygen atoms in total. The van der Waals surface area contributed by atoms with E-state index in [0.717, 1.165) is 17.7 Å². The Hall–Kier alpha value is -1.02. The van der Waals surface area contributed by atoms with Crippen molar-refractivity contribution in [2.45, 2.75) is 39.8 Å². The predicted molar refractivity (Wildman–Crippen MR) is 64.9 cm³/mol. The number of benzene rings is 1. The third-order valence-electron chi connectivity index (χ3n) is 3.07. The molecule has 0 radical (unpaired) electrons. The van der Waals surface area contributed by atoms with Gasteiger partial charge in [-0.25, -0.2) is 0 Å². The molecule has 0 fully saturated rings. The van der Waals surface area contributed by atoms with E-state index in [1.807, 2.05) is 24.3 Å². The van der Waals surface area contributed by atoms with E-state index in [9.17, 15) is 5.11 Å². The highest BCUT2D eigenvalue weighted by Crippen LogP contribution is 2.19. The van der Waals surface area contributed by atoms with Gasteiger partial charge in [0.1, 0.15) is 0 Å². The van der Waals surface area contributed by atoms with Crippen LogP contribution in [0.25, 0.3) is 0 Å². The predicted octanol–water partition coefficient (Wildman–Crippen LogP) is 3.03. The van der Waals surface area contributed by atoms with E-state index in [1.165, 1.54) is 0 Å². The van der Waals surface area contributed by atoms with E-state index in [0.29, 0.717) is 12.0 Å². The van der Waals surface area contributed by atoms with Gasteiger partial charge in [-0.05, 0) is 18.9 Å². The van der Waals surface area contributed by atoms with Crippen molar-refractivity contribution in [3.8, 4) is 0 Å². The summed E-state index contributed by atoms with van der Waals surface area (Å²) < 4.78 is 0. The number of aliphatic hydroxyl groups excluding tert-OH is 1. The monoisotopic (exact) mass is 207 g/mol. The van der Waals surface area contributed by atoms with E-state index < -0.39 is 0 Å². The molecule has 0 heterocycles. The highest BCUT2D eigenvalue weighted by molar-refractivity contribution is 5.51. The number of nitrogens with one attached hydrogen (secondary N) is 1. The zero-order chi connectivity index (χ0) is 11.3. The summed E-state index contributed by atoms with van der Waals surface area (Å²) in [5.74, 6) is 0.636. The van der Waals surface area contributed by atoms with Crippen LogP contribution in [0.15, 0.2) is 24.3 Å². The van der Waals surface area contributed by atoms with E-state index in [2.05, 4.69) is 26.1 Å². The molecular formula is C13H21NO. The number of hydrogen-bond acceptors (Lipinski definition) is 2. The first-order valence-electron chi connectivity index (χ1n) is 5.64. The highest BCUT2D eigenvalue weighted by Gasteiger charge is 2.10. The summed E-state index contributed by atoms with van der Waals surface area (Å²) in [4.78, 5) is 0.